The number of carbonyl (C=O) groups is 1. The predicted molar refractivity (Wildman–Crippen MR) is 82.8 cm³/mol. The number of rotatable bonds is 3. The monoisotopic (exact) mass is 366 g/mol. The van der Waals surface area contributed by atoms with Crippen LogP contribution < -0.4 is 5.14 Å². The lowest BCUT2D eigenvalue weighted by Crippen LogP contribution is -2.39. The normalized spacial score (nSPS) is 23.8. The van der Waals surface area contributed by atoms with E-state index in [-0.39, 0.29) is 20.7 Å². The van der Waals surface area contributed by atoms with E-state index in [0.717, 1.165) is 0 Å². The quantitative estimate of drug-likeness (QED) is 0.852. The van der Waals surface area contributed by atoms with Gasteiger partial charge in [-0.05, 0) is 26.3 Å². The molecule has 1 aliphatic rings. The minimum atomic E-state index is -3.99. The number of primary sulfonamides is 1. The van der Waals surface area contributed by atoms with Gasteiger partial charge in [0.05, 0.1) is 11.3 Å². The van der Waals surface area contributed by atoms with Crippen molar-refractivity contribution in [2.75, 3.05) is 6.54 Å². The van der Waals surface area contributed by atoms with Gasteiger partial charge < -0.3 is 4.90 Å². The number of hydrogen-bond donors (Lipinski definition) is 1. The van der Waals surface area contributed by atoms with Crippen molar-refractivity contribution < 1.29 is 21.6 Å². The first-order chi connectivity index (χ1) is 10.00. The zero-order valence-electron chi connectivity index (χ0n) is 12.4. The Labute approximate surface area is 134 Å². The zero-order chi connectivity index (χ0) is 16.9. The van der Waals surface area contributed by atoms with Crippen molar-refractivity contribution in [2.45, 2.75) is 46.9 Å². The molecule has 1 aromatic rings. The van der Waals surface area contributed by atoms with Crippen molar-refractivity contribution in [3.63, 3.8) is 0 Å². The Morgan fingerprint density at radius 2 is 2.09 bits per heavy atom. The van der Waals surface area contributed by atoms with E-state index in [1.54, 1.807) is 18.7 Å². The van der Waals surface area contributed by atoms with E-state index in [2.05, 4.69) is 0 Å². The summed E-state index contributed by atoms with van der Waals surface area (Å²) in [6.45, 7) is 5.17. The van der Waals surface area contributed by atoms with Crippen LogP contribution in [-0.4, -0.2) is 39.4 Å². The second kappa shape index (κ2) is 5.59. The van der Waals surface area contributed by atoms with E-state index in [1.165, 1.54) is 13.0 Å². The van der Waals surface area contributed by atoms with Gasteiger partial charge in [-0.25, -0.2) is 22.0 Å². The lowest BCUT2D eigenvalue weighted by molar-refractivity contribution is -0.131. The number of thiophene rings is 1. The van der Waals surface area contributed by atoms with E-state index in [4.69, 9.17) is 5.14 Å². The second-order valence-electron chi connectivity index (χ2n) is 5.27. The van der Waals surface area contributed by atoms with Crippen LogP contribution in [0.2, 0.25) is 0 Å². The van der Waals surface area contributed by atoms with Gasteiger partial charge in [0.2, 0.25) is 15.9 Å². The third kappa shape index (κ3) is 2.80. The Balaban J connectivity index is 2.70. The molecule has 2 heterocycles. The highest BCUT2D eigenvalue weighted by Crippen LogP contribution is 2.44. The standard InChI is InChI=1S/C12H18N2O5S3/c1-4-14(8(3)15)10-5-7(2)21(16,17)12-9(10)6-11(20-12)22(13,18)19/h6-7,10H,4-5H2,1-3H3,(H2,13,18,19). The number of sulfone groups is 1. The average Bonchev–Trinajstić information content (AvgIpc) is 2.82. The lowest BCUT2D eigenvalue weighted by atomic mass is 10.0. The minimum Gasteiger partial charge on any atom is -0.336 e. The molecule has 0 fully saturated rings. The van der Waals surface area contributed by atoms with E-state index >= 15 is 0 Å². The fraction of sp³-hybridized carbons (Fsp3) is 0.583. The third-order valence-corrected chi connectivity index (χ3v) is 9.12. The van der Waals surface area contributed by atoms with Crippen molar-refractivity contribution in [3.8, 4) is 0 Å². The van der Waals surface area contributed by atoms with Gasteiger partial charge in [0.25, 0.3) is 0 Å². The molecule has 0 aliphatic carbocycles. The number of sulfonamides is 1. The molecule has 2 unspecified atom stereocenters. The van der Waals surface area contributed by atoms with Crippen LogP contribution in [0.5, 0.6) is 0 Å². The molecule has 124 valence electrons. The molecule has 0 bridgehead atoms. The van der Waals surface area contributed by atoms with Crippen LogP contribution in [0.1, 0.15) is 38.8 Å². The van der Waals surface area contributed by atoms with Gasteiger partial charge in [0, 0.05) is 19.0 Å². The Morgan fingerprint density at radius 1 is 1.50 bits per heavy atom. The first-order valence-electron chi connectivity index (χ1n) is 6.67. The Morgan fingerprint density at radius 3 is 2.55 bits per heavy atom. The SMILES string of the molecule is CCN(C(C)=O)C1CC(C)S(=O)(=O)c2sc(S(N)(=O)=O)cc21. The van der Waals surface area contributed by atoms with Crippen LogP contribution in [0.3, 0.4) is 0 Å². The Bertz CT molecular complexity index is 810. The summed E-state index contributed by atoms with van der Waals surface area (Å²) in [5, 5.41) is 4.42. The predicted octanol–water partition coefficient (Wildman–Crippen LogP) is 0.871. The van der Waals surface area contributed by atoms with Crippen molar-refractivity contribution >= 4 is 37.1 Å². The molecule has 0 saturated carbocycles. The molecular formula is C12H18N2O5S3. The summed E-state index contributed by atoms with van der Waals surface area (Å²) >= 11 is 0.657. The highest BCUT2D eigenvalue weighted by molar-refractivity contribution is 7.95. The lowest BCUT2D eigenvalue weighted by Gasteiger charge is -2.35. The van der Waals surface area contributed by atoms with E-state index in [9.17, 15) is 21.6 Å². The maximum absolute atomic E-state index is 12.4. The molecule has 1 aliphatic heterocycles. The summed E-state index contributed by atoms with van der Waals surface area (Å²) < 4.78 is 47.8. The fourth-order valence-electron chi connectivity index (χ4n) is 2.67. The second-order valence-corrected chi connectivity index (χ2v) is 10.7. The molecule has 0 radical (unpaired) electrons. The summed E-state index contributed by atoms with van der Waals surface area (Å²) in [5.74, 6) is -0.187. The van der Waals surface area contributed by atoms with Gasteiger partial charge in [0.15, 0.2) is 9.84 Å². The van der Waals surface area contributed by atoms with E-state index < -0.39 is 31.2 Å². The summed E-state index contributed by atoms with van der Waals surface area (Å²) in [6, 6.07) is 0.831. The first-order valence-corrected chi connectivity index (χ1v) is 10.6. The van der Waals surface area contributed by atoms with Crippen molar-refractivity contribution in [2.24, 2.45) is 5.14 Å². The zero-order valence-corrected chi connectivity index (χ0v) is 14.9. The van der Waals surface area contributed by atoms with Crippen LogP contribution in [0.25, 0.3) is 0 Å². The number of nitrogens with two attached hydrogens (primary N) is 1. The Kier molecular flexibility index (Phi) is 4.42. The largest absolute Gasteiger partial charge is 0.336 e. The molecule has 2 rings (SSSR count). The molecule has 7 nitrogen and oxygen atoms in total. The van der Waals surface area contributed by atoms with Crippen molar-refractivity contribution in [3.05, 3.63) is 11.6 Å². The average molecular weight is 366 g/mol. The number of hydrogen-bond acceptors (Lipinski definition) is 6. The van der Waals surface area contributed by atoms with Crippen molar-refractivity contribution in [1.82, 2.24) is 4.90 Å². The van der Waals surface area contributed by atoms with Crippen LogP contribution in [-0.2, 0) is 24.7 Å². The molecule has 0 aromatic carbocycles. The van der Waals surface area contributed by atoms with Gasteiger partial charge in [-0.15, -0.1) is 11.3 Å². The molecule has 0 saturated heterocycles. The molecule has 0 spiro atoms. The topological polar surface area (TPSA) is 115 Å². The van der Waals surface area contributed by atoms with Gasteiger partial charge in [-0.3, -0.25) is 4.79 Å². The van der Waals surface area contributed by atoms with Gasteiger partial charge >= 0.3 is 0 Å². The first kappa shape index (κ1) is 17.4. The van der Waals surface area contributed by atoms with Gasteiger partial charge in [-0.2, -0.15) is 0 Å². The molecule has 10 heteroatoms. The van der Waals surface area contributed by atoms with Crippen LogP contribution in [0, 0.1) is 0 Å². The van der Waals surface area contributed by atoms with Crippen LogP contribution in [0.4, 0.5) is 0 Å². The number of carbonyl (C=O) groups excluding carboxylic acids is 1. The highest BCUT2D eigenvalue weighted by Gasteiger charge is 2.41. The summed E-state index contributed by atoms with van der Waals surface area (Å²) in [7, 11) is -7.59. The maximum Gasteiger partial charge on any atom is 0.247 e. The van der Waals surface area contributed by atoms with Crippen LogP contribution >= 0.6 is 11.3 Å². The van der Waals surface area contributed by atoms with E-state index in [1.807, 2.05) is 0 Å². The van der Waals surface area contributed by atoms with Gasteiger partial charge in [0.1, 0.15) is 8.42 Å². The summed E-state index contributed by atoms with van der Waals surface area (Å²) in [5.41, 5.74) is 0.351. The molecule has 1 aromatic heterocycles. The molecule has 22 heavy (non-hydrogen) atoms. The Hall–Kier alpha value is -0.970. The molecule has 1 amide bonds. The van der Waals surface area contributed by atoms with Gasteiger partial charge in [-0.1, -0.05) is 0 Å². The number of nitrogens with zero attached hydrogens (tertiary/aromatic N) is 1. The summed E-state index contributed by atoms with van der Waals surface area (Å²) in [6.07, 6.45) is 0.240. The summed E-state index contributed by atoms with van der Waals surface area (Å²) in [4.78, 5) is 13.3. The minimum absolute atomic E-state index is 0.0000231. The molecule has 2 atom stereocenters. The highest BCUT2D eigenvalue weighted by atomic mass is 32.3. The fourth-order valence-corrected chi connectivity index (χ4v) is 7.07. The van der Waals surface area contributed by atoms with E-state index in [0.29, 0.717) is 23.4 Å². The number of fused-ring (bicyclic) bond motifs is 1. The van der Waals surface area contributed by atoms with Crippen molar-refractivity contribution in [1.29, 1.82) is 0 Å². The molecule has 2 N–H and O–H groups in total. The molecular weight excluding hydrogens is 348 g/mol. The third-order valence-electron chi connectivity index (χ3n) is 3.81. The smallest absolute Gasteiger partial charge is 0.247 e. The maximum atomic E-state index is 12.4. The van der Waals surface area contributed by atoms with Crippen LogP contribution in [0.15, 0.2) is 14.5 Å². The number of amides is 1.